The third-order valence-electron chi connectivity index (χ3n) is 5.72. The molecule has 0 bridgehead atoms. The first-order valence-electron chi connectivity index (χ1n) is 11.0. The van der Waals surface area contributed by atoms with Crippen LogP contribution >= 0.6 is 11.8 Å². The van der Waals surface area contributed by atoms with Crippen molar-refractivity contribution in [2.24, 2.45) is 7.05 Å². The summed E-state index contributed by atoms with van der Waals surface area (Å²) >= 11 is 1.54. The van der Waals surface area contributed by atoms with Crippen molar-refractivity contribution >= 4 is 21.8 Å². The van der Waals surface area contributed by atoms with Gasteiger partial charge in [0.2, 0.25) is 10.0 Å². The Morgan fingerprint density at radius 1 is 1.03 bits per heavy atom. The first kappa shape index (κ1) is 23.9. The highest BCUT2D eigenvalue weighted by molar-refractivity contribution is 7.98. The van der Waals surface area contributed by atoms with Gasteiger partial charge < -0.3 is 9.30 Å². The van der Waals surface area contributed by atoms with E-state index in [2.05, 4.69) is 55.2 Å². The molecular formula is C24H30N4O3S2. The number of nitrogens with zero attached hydrogens (tertiary/aromatic N) is 4. The van der Waals surface area contributed by atoms with E-state index in [1.165, 1.54) is 21.6 Å². The van der Waals surface area contributed by atoms with Gasteiger partial charge in [0, 0.05) is 31.5 Å². The zero-order valence-electron chi connectivity index (χ0n) is 19.5. The Bertz CT molecular complexity index is 1210. The predicted molar refractivity (Wildman–Crippen MR) is 131 cm³/mol. The van der Waals surface area contributed by atoms with Crippen molar-refractivity contribution in [3.05, 3.63) is 59.7 Å². The van der Waals surface area contributed by atoms with E-state index < -0.39 is 10.0 Å². The molecular weight excluding hydrogens is 456 g/mol. The van der Waals surface area contributed by atoms with Crippen LogP contribution in [0.4, 0.5) is 0 Å². The standard InChI is InChI=1S/C24H30N4O3S2/c1-24(2,3)20-10-8-19(9-11-20)22-25-26-23(27(22)4)32-17-18-6-5-7-21(16-18)33(29,30)28-12-14-31-15-13-28/h5-11,16H,12-15,17H2,1-4H3. The molecule has 2 heterocycles. The monoisotopic (exact) mass is 486 g/mol. The molecule has 2 aromatic carbocycles. The second-order valence-electron chi connectivity index (χ2n) is 9.15. The molecule has 9 heteroatoms. The number of morpholine rings is 1. The van der Waals surface area contributed by atoms with Gasteiger partial charge in [0.25, 0.3) is 0 Å². The molecule has 33 heavy (non-hydrogen) atoms. The molecule has 1 aliphatic heterocycles. The van der Waals surface area contributed by atoms with Crippen LogP contribution in [0, 0.1) is 0 Å². The fourth-order valence-corrected chi connectivity index (χ4v) is 6.02. The number of thioether (sulfide) groups is 1. The van der Waals surface area contributed by atoms with Gasteiger partial charge in [-0.3, -0.25) is 0 Å². The molecule has 1 fully saturated rings. The lowest BCUT2D eigenvalue weighted by molar-refractivity contribution is 0.0730. The molecule has 0 amide bonds. The van der Waals surface area contributed by atoms with Crippen LogP contribution in [0.3, 0.4) is 0 Å². The van der Waals surface area contributed by atoms with E-state index in [-0.39, 0.29) is 5.41 Å². The molecule has 3 aromatic rings. The summed E-state index contributed by atoms with van der Waals surface area (Å²) in [5.74, 6) is 1.41. The molecule has 4 rings (SSSR count). The summed E-state index contributed by atoms with van der Waals surface area (Å²) in [7, 11) is -1.56. The maximum atomic E-state index is 13.0. The second-order valence-corrected chi connectivity index (χ2v) is 12.0. The minimum absolute atomic E-state index is 0.100. The lowest BCUT2D eigenvalue weighted by atomic mass is 9.87. The highest BCUT2D eigenvalue weighted by Crippen LogP contribution is 2.29. The van der Waals surface area contributed by atoms with E-state index in [1.807, 2.05) is 17.7 Å². The van der Waals surface area contributed by atoms with Crippen molar-refractivity contribution in [2.75, 3.05) is 26.3 Å². The van der Waals surface area contributed by atoms with E-state index in [1.54, 1.807) is 18.2 Å². The number of benzene rings is 2. The van der Waals surface area contributed by atoms with Crippen molar-refractivity contribution in [2.45, 2.75) is 42.0 Å². The second kappa shape index (κ2) is 9.58. The first-order chi connectivity index (χ1) is 15.7. The molecule has 1 aliphatic rings. The van der Waals surface area contributed by atoms with Crippen LogP contribution in [-0.2, 0) is 33.0 Å². The van der Waals surface area contributed by atoms with E-state index >= 15 is 0 Å². The average Bonchev–Trinajstić information content (AvgIpc) is 3.18. The van der Waals surface area contributed by atoms with Gasteiger partial charge in [0.05, 0.1) is 18.1 Å². The molecule has 176 valence electrons. The topological polar surface area (TPSA) is 77.3 Å². The Hall–Kier alpha value is -2.20. The Labute approximate surface area is 200 Å². The van der Waals surface area contributed by atoms with Gasteiger partial charge in [0.1, 0.15) is 0 Å². The van der Waals surface area contributed by atoms with Gasteiger partial charge in [-0.25, -0.2) is 8.42 Å². The Balaban J connectivity index is 1.47. The highest BCUT2D eigenvalue weighted by Gasteiger charge is 2.26. The normalized spacial score (nSPS) is 15.6. The predicted octanol–water partition coefficient (Wildman–Crippen LogP) is 4.09. The Morgan fingerprint density at radius 3 is 2.39 bits per heavy atom. The number of aromatic nitrogens is 3. The van der Waals surface area contributed by atoms with Crippen molar-refractivity contribution in [1.82, 2.24) is 19.1 Å². The van der Waals surface area contributed by atoms with Crippen LogP contribution in [0.25, 0.3) is 11.4 Å². The lowest BCUT2D eigenvalue weighted by Gasteiger charge is -2.26. The summed E-state index contributed by atoms with van der Waals surface area (Å²) in [4.78, 5) is 0.320. The van der Waals surface area contributed by atoms with E-state index in [0.717, 1.165) is 22.1 Å². The fraction of sp³-hybridized carbons (Fsp3) is 0.417. The van der Waals surface area contributed by atoms with Gasteiger partial charge in [-0.15, -0.1) is 10.2 Å². The van der Waals surface area contributed by atoms with Gasteiger partial charge in [-0.2, -0.15) is 4.31 Å². The number of ether oxygens (including phenoxy) is 1. The SMILES string of the molecule is Cn1c(SCc2cccc(S(=O)(=O)N3CCOCC3)c2)nnc1-c1ccc(C(C)(C)C)cc1. The summed E-state index contributed by atoms with van der Waals surface area (Å²) in [5, 5.41) is 9.53. The van der Waals surface area contributed by atoms with Crippen molar-refractivity contribution in [3.63, 3.8) is 0 Å². The number of rotatable bonds is 6. The highest BCUT2D eigenvalue weighted by atomic mass is 32.2. The first-order valence-corrected chi connectivity index (χ1v) is 13.4. The third-order valence-corrected chi connectivity index (χ3v) is 8.70. The van der Waals surface area contributed by atoms with Crippen molar-refractivity contribution in [3.8, 4) is 11.4 Å². The number of sulfonamides is 1. The minimum atomic E-state index is -3.51. The molecule has 0 N–H and O–H groups in total. The van der Waals surface area contributed by atoms with Crippen LogP contribution in [0.2, 0.25) is 0 Å². The molecule has 0 aliphatic carbocycles. The zero-order valence-corrected chi connectivity index (χ0v) is 21.1. The molecule has 0 radical (unpaired) electrons. The molecule has 0 unspecified atom stereocenters. The van der Waals surface area contributed by atoms with E-state index in [4.69, 9.17) is 4.74 Å². The molecule has 1 aromatic heterocycles. The summed E-state index contributed by atoms with van der Waals surface area (Å²) in [6, 6.07) is 15.6. The molecule has 0 atom stereocenters. The van der Waals surface area contributed by atoms with Crippen LogP contribution in [0.5, 0.6) is 0 Å². The lowest BCUT2D eigenvalue weighted by Crippen LogP contribution is -2.40. The molecule has 0 spiro atoms. The maximum Gasteiger partial charge on any atom is 0.243 e. The molecule has 0 saturated carbocycles. The Kier molecular flexibility index (Phi) is 6.95. The largest absolute Gasteiger partial charge is 0.379 e. The summed E-state index contributed by atoms with van der Waals surface area (Å²) in [5.41, 5.74) is 3.32. The van der Waals surface area contributed by atoms with E-state index in [9.17, 15) is 8.42 Å². The quantitative estimate of drug-likeness (QED) is 0.489. The molecule has 1 saturated heterocycles. The van der Waals surface area contributed by atoms with Gasteiger partial charge in [-0.05, 0) is 28.7 Å². The number of hydrogen-bond acceptors (Lipinski definition) is 6. The smallest absolute Gasteiger partial charge is 0.243 e. The fourth-order valence-electron chi connectivity index (χ4n) is 3.69. The van der Waals surface area contributed by atoms with Crippen LogP contribution in [0.1, 0.15) is 31.9 Å². The summed E-state index contributed by atoms with van der Waals surface area (Å²) < 4.78 is 34.7. The van der Waals surface area contributed by atoms with Crippen LogP contribution < -0.4 is 0 Å². The minimum Gasteiger partial charge on any atom is -0.379 e. The van der Waals surface area contributed by atoms with Crippen LogP contribution in [0.15, 0.2) is 58.6 Å². The van der Waals surface area contributed by atoms with Gasteiger partial charge >= 0.3 is 0 Å². The average molecular weight is 487 g/mol. The van der Waals surface area contributed by atoms with Gasteiger partial charge in [-0.1, -0.05) is 68.9 Å². The third kappa shape index (κ3) is 5.32. The Morgan fingerprint density at radius 2 is 1.73 bits per heavy atom. The number of hydrogen-bond donors (Lipinski definition) is 0. The maximum absolute atomic E-state index is 13.0. The van der Waals surface area contributed by atoms with Crippen molar-refractivity contribution < 1.29 is 13.2 Å². The summed E-state index contributed by atoms with van der Waals surface area (Å²) in [6.07, 6.45) is 0. The zero-order chi connectivity index (χ0) is 23.6. The summed E-state index contributed by atoms with van der Waals surface area (Å²) in [6.45, 7) is 8.23. The molecule has 7 nitrogen and oxygen atoms in total. The van der Waals surface area contributed by atoms with Crippen molar-refractivity contribution in [1.29, 1.82) is 0 Å². The van der Waals surface area contributed by atoms with Crippen LogP contribution in [-0.4, -0.2) is 53.8 Å². The van der Waals surface area contributed by atoms with Gasteiger partial charge in [0.15, 0.2) is 11.0 Å². The van der Waals surface area contributed by atoms with E-state index in [0.29, 0.717) is 37.0 Å².